The van der Waals surface area contributed by atoms with Crippen LogP contribution in [0.5, 0.6) is 11.5 Å². The predicted octanol–water partition coefficient (Wildman–Crippen LogP) is 3.34. The lowest BCUT2D eigenvalue weighted by Gasteiger charge is -2.12. The number of nitrogens with zero attached hydrogens (tertiary/aromatic N) is 1. The predicted molar refractivity (Wildman–Crippen MR) is 100 cm³/mol. The number of sulfonamides is 1. The van der Waals surface area contributed by atoms with Gasteiger partial charge in [-0.05, 0) is 30.3 Å². The van der Waals surface area contributed by atoms with Gasteiger partial charge in [-0.3, -0.25) is 14.5 Å². The van der Waals surface area contributed by atoms with Gasteiger partial charge in [0.15, 0.2) is 0 Å². The smallest absolute Gasteiger partial charge is 0.261 e. The average Bonchev–Trinajstić information content (AvgIpc) is 3.04. The highest BCUT2D eigenvalue weighted by atomic mass is 32.2. The number of carbonyl (C=O) groups is 1. The van der Waals surface area contributed by atoms with Gasteiger partial charge in [0.25, 0.3) is 10.0 Å². The summed E-state index contributed by atoms with van der Waals surface area (Å²) in [5.41, 5.74) is 1.91. The first-order valence-corrected chi connectivity index (χ1v) is 9.84. The van der Waals surface area contributed by atoms with E-state index < -0.39 is 10.0 Å². The molecule has 4 rings (SSSR count). The Hall–Kier alpha value is -3.19. The second kappa shape index (κ2) is 6.85. The zero-order valence-corrected chi connectivity index (χ0v) is 15.1. The van der Waals surface area contributed by atoms with Gasteiger partial charge >= 0.3 is 0 Å². The Balaban J connectivity index is 1.58. The molecular weight excluding hydrogens is 364 g/mol. The number of Topliss-reactive ketones (excluding diaryl/α,β-unsaturated/α-hetero) is 1. The number of carbonyl (C=O) groups excluding carboxylic acids is 1. The van der Waals surface area contributed by atoms with Gasteiger partial charge in [0.2, 0.25) is 0 Å². The zero-order chi connectivity index (χ0) is 18.9. The molecule has 0 amide bonds. The summed E-state index contributed by atoms with van der Waals surface area (Å²) in [6.07, 6.45) is 2.23. The molecule has 6 nitrogen and oxygen atoms in total. The average molecular weight is 380 g/mol. The van der Waals surface area contributed by atoms with E-state index >= 15 is 0 Å². The molecule has 1 aromatic heterocycles. The Bertz CT molecular complexity index is 1110. The molecular formula is C20H16N2O4S. The number of aromatic nitrogens is 1. The van der Waals surface area contributed by atoms with Gasteiger partial charge in [-0.2, -0.15) is 0 Å². The third kappa shape index (κ3) is 3.68. The third-order valence-corrected chi connectivity index (χ3v) is 5.61. The summed E-state index contributed by atoms with van der Waals surface area (Å²) in [6.45, 7) is 0. The lowest BCUT2D eigenvalue weighted by Crippen LogP contribution is -2.12. The number of ether oxygens (including phenoxy) is 1. The second-order valence-corrected chi connectivity index (χ2v) is 7.86. The molecule has 1 aliphatic rings. The number of ketones is 1. The van der Waals surface area contributed by atoms with Crippen molar-refractivity contribution in [3.63, 3.8) is 0 Å². The van der Waals surface area contributed by atoms with Crippen LogP contribution in [0.4, 0.5) is 5.69 Å². The first-order chi connectivity index (χ1) is 13.0. The van der Waals surface area contributed by atoms with Crippen LogP contribution in [0.1, 0.15) is 11.3 Å². The van der Waals surface area contributed by atoms with E-state index in [2.05, 4.69) is 9.71 Å². The third-order valence-electron chi connectivity index (χ3n) is 4.21. The summed E-state index contributed by atoms with van der Waals surface area (Å²) in [7, 11) is -3.68. The van der Waals surface area contributed by atoms with E-state index in [1.807, 2.05) is 0 Å². The van der Waals surface area contributed by atoms with E-state index in [0.717, 1.165) is 11.3 Å². The SMILES string of the molecule is O=C1Cc2nccc(Oc3cccc(NS(=O)(=O)c4ccccc4)c3)c2C1. The van der Waals surface area contributed by atoms with Gasteiger partial charge in [-0.15, -0.1) is 0 Å². The van der Waals surface area contributed by atoms with E-state index in [-0.39, 0.29) is 10.7 Å². The minimum Gasteiger partial charge on any atom is -0.457 e. The lowest BCUT2D eigenvalue weighted by atomic mass is 10.2. The Morgan fingerprint density at radius 2 is 1.78 bits per heavy atom. The highest BCUT2D eigenvalue weighted by Gasteiger charge is 2.23. The number of benzene rings is 2. The van der Waals surface area contributed by atoms with Crippen molar-refractivity contribution >= 4 is 21.5 Å². The summed E-state index contributed by atoms with van der Waals surface area (Å²) in [4.78, 5) is 16.1. The summed E-state index contributed by atoms with van der Waals surface area (Å²) >= 11 is 0. The molecule has 0 saturated heterocycles. The lowest BCUT2D eigenvalue weighted by molar-refractivity contribution is -0.117. The number of fused-ring (bicyclic) bond motifs is 1. The zero-order valence-electron chi connectivity index (χ0n) is 14.3. The van der Waals surface area contributed by atoms with Crippen molar-refractivity contribution in [2.45, 2.75) is 17.7 Å². The Labute approximate surface area is 156 Å². The van der Waals surface area contributed by atoms with Crippen LogP contribution in [0.25, 0.3) is 0 Å². The monoisotopic (exact) mass is 380 g/mol. The molecule has 0 radical (unpaired) electrons. The summed E-state index contributed by atoms with van der Waals surface area (Å²) in [5, 5.41) is 0. The minimum atomic E-state index is -3.68. The van der Waals surface area contributed by atoms with Gasteiger partial charge in [0.1, 0.15) is 17.3 Å². The van der Waals surface area contributed by atoms with Crippen molar-refractivity contribution in [3.05, 3.63) is 78.1 Å². The van der Waals surface area contributed by atoms with Crippen LogP contribution in [0.2, 0.25) is 0 Å². The van der Waals surface area contributed by atoms with Crippen LogP contribution in [0.3, 0.4) is 0 Å². The standard InChI is InChI=1S/C20H16N2O4S/c23-15-12-18-19(13-15)21-10-9-20(18)26-16-6-4-5-14(11-16)22-27(24,25)17-7-2-1-3-8-17/h1-11,22H,12-13H2. The van der Waals surface area contributed by atoms with Gasteiger partial charge in [-0.25, -0.2) is 8.42 Å². The van der Waals surface area contributed by atoms with Crippen molar-refractivity contribution in [1.29, 1.82) is 0 Å². The number of hydrogen-bond donors (Lipinski definition) is 1. The topological polar surface area (TPSA) is 85.4 Å². The second-order valence-electron chi connectivity index (χ2n) is 6.18. The van der Waals surface area contributed by atoms with E-state index in [9.17, 15) is 13.2 Å². The van der Waals surface area contributed by atoms with Gasteiger partial charge in [0, 0.05) is 30.7 Å². The van der Waals surface area contributed by atoms with E-state index in [1.54, 1.807) is 54.7 Å². The van der Waals surface area contributed by atoms with Crippen LogP contribution >= 0.6 is 0 Å². The minimum absolute atomic E-state index is 0.109. The maximum Gasteiger partial charge on any atom is 0.261 e. The molecule has 2 aromatic carbocycles. The molecule has 3 aromatic rings. The molecule has 0 saturated carbocycles. The van der Waals surface area contributed by atoms with Gasteiger partial charge in [-0.1, -0.05) is 24.3 Å². The molecule has 1 heterocycles. The Morgan fingerprint density at radius 3 is 2.59 bits per heavy atom. The van der Waals surface area contributed by atoms with Crippen molar-refractivity contribution in [3.8, 4) is 11.5 Å². The molecule has 136 valence electrons. The van der Waals surface area contributed by atoms with Crippen LogP contribution in [-0.4, -0.2) is 19.2 Å². The Kier molecular flexibility index (Phi) is 4.37. The molecule has 27 heavy (non-hydrogen) atoms. The quantitative estimate of drug-likeness (QED) is 0.734. The summed E-state index contributed by atoms with van der Waals surface area (Å²) in [6, 6.07) is 16.5. The van der Waals surface area contributed by atoms with Crippen molar-refractivity contribution in [2.75, 3.05) is 4.72 Å². The highest BCUT2D eigenvalue weighted by Crippen LogP contribution is 2.32. The maximum absolute atomic E-state index is 12.5. The molecule has 0 aliphatic heterocycles. The summed E-state index contributed by atoms with van der Waals surface area (Å²) in [5.74, 6) is 1.14. The molecule has 0 atom stereocenters. The van der Waals surface area contributed by atoms with Crippen LogP contribution < -0.4 is 9.46 Å². The number of pyridine rings is 1. The maximum atomic E-state index is 12.5. The van der Waals surface area contributed by atoms with Crippen molar-refractivity contribution in [1.82, 2.24) is 4.98 Å². The Morgan fingerprint density at radius 1 is 0.963 bits per heavy atom. The van der Waals surface area contributed by atoms with Crippen LogP contribution in [-0.2, 0) is 27.7 Å². The molecule has 0 spiro atoms. The molecule has 0 unspecified atom stereocenters. The fraction of sp³-hybridized carbons (Fsp3) is 0.100. The van der Waals surface area contributed by atoms with Crippen LogP contribution in [0.15, 0.2) is 71.8 Å². The van der Waals surface area contributed by atoms with E-state index in [1.165, 1.54) is 12.1 Å². The van der Waals surface area contributed by atoms with Gasteiger partial charge < -0.3 is 4.74 Å². The molecule has 0 fully saturated rings. The normalized spacial score (nSPS) is 13.3. The molecule has 1 aliphatic carbocycles. The number of anilines is 1. The van der Waals surface area contributed by atoms with E-state index in [0.29, 0.717) is 30.0 Å². The van der Waals surface area contributed by atoms with Crippen molar-refractivity contribution in [2.24, 2.45) is 0 Å². The van der Waals surface area contributed by atoms with Gasteiger partial charge in [0.05, 0.1) is 16.3 Å². The number of hydrogen-bond acceptors (Lipinski definition) is 5. The van der Waals surface area contributed by atoms with E-state index in [4.69, 9.17) is 4.74 Å². The molecule has 1 N–H and O–H groups in total. The largest absolute Gasteiger partial charge is 0.457 e. The molecule has 0 bridgehead atoms. The highest BCUT2D eigenvalue weighted by molar-refractivity contribution is 7.92. The fourth-order valence-electron chi connectivity index (χ4n) is 2.96. The summed E-state index contributed by atoms with van der Waals surface area (Å²) < 4.78 is 33.4. The number of rotatable bonds is 5. The first kappa shape index (κ1) is 17.2. The first-order valence-electron chi connectivity index (χ1n) is 8.35. The fourth-order valence-corrected chi connectivity index (χ4v) is 4.03. The number of nitrogens with one attached hydrogen (secondary N) is 1. The molecule has 7 heteroatoms. The van der Waals surface area contributed by atoms with Crippen LogP contribution in [0, 0.1) is 0 Å². The van der Waals surface area contributed by atoms with Crippen molar-refractivity contribution < 1.29 is 17.9 Å².